The first-order valence-corrected chi connectivity index (χ1v) is 26.9. The predicted molar refractivity (Wildman–Crippen MR) is 320 cm³/mol. The van der Waals surface area contributed by atoms with Crippen LogP contribution in [-0.2, 0) is 11.3 Å². The van der Waals surface area contributed by atoms with Crippen LogP contribution in [0, 0.1) is 13.8 Å². The number of pyridine rings is 3. The van der Waals surface area contributed by atoms with E-state index in [1.807, 2.05) is 107 Å². The summed E-state index contributed by atoms with van der Waals surface area (Å²) in [6.07, 6.45) is 13.9. The van der Waals surface area contributed by atoms with Crippen LogP contribution in [0.4, 0.5) is 32.2 Å². The Morgan fingerprint density at radius 1 is 0.588 bits per heavy atom. The minimum absolute atomic E-state index is 0.113. The molecule has 0 unspecified atom stereocenters. The minimum Gasteiger partial charge on any atom is -0.441 e. The molecular formula is C58H58N20O7. The van der Waals surface area contributed by atoms with E-state index in [9.17, 15) is 19.2 Å². The Kier molecular flexibility index (Phi) is 17.4. The number of anilines is 3. The molecule has 0 aliphatic carbocycles. The van der Waals surface area contributed by atoms with E-state index in [0.29, 0.717) is 102 Å². The lowest BCUT2D eigenvalue weighted by atomic mass is 10.0. The number of amides is 6. The van der Waals surface area contributed by atoms with Crippen molar-refractivity contribution in [3.05, 3.63) is 150 Å². The zero-order valence-corrected chi connectivity index (χ0v) is 46.9. The molecule has 0 radical (unpaired) electrons. The molecule has 12 aromatic rings. The van der Waals surface area contributed by atoms with Gasteiger partial charge in [-0.3, -0.25) is 30.7 Å². The van der Waals surface area contributed by atoms with Crippen molar-refractivity contribution < 1.29 is 28.1 Å². The number of methoxy groups -OCH3 is 1. The molecule has 12 rings (SSSR count). The van der Waals surface area contributed by atoms with Gasteiger partial charge in [-0.15, -0.1) is 0 Å². The number of imidazole rings is 3. The lowest BCUT2D eigenvalue weighted by Crippen LogP contribution is -2.28. The molecule has 0 atom stereocenters. The number of nitrogens with zero attached hydrogens (tertiary/aromatic N) is 11. The summed E-state index contributed by atoms with van der Waals surface area (Å²) in [5, 5.41) is 24.3. The number of H-pyrrole nitrogens is 3. The van der Waals surface area contributed by atoms with Crippen molar-refractivity contribution in [3.8, 4) is 62.0 Å². The smallest absolute Gasteiger partial charge is 0.321 e. The average Bonchev–Trinajstić information content (AvgIpc) is 2.42. The fourth-order valence-corrected chi connectivity index (χ4v) is 8.88. The fourth-order valence-electron chi connectivity index (χ4n) is 8.88. The lowest BCUT2D eigenvalue weighted by Gasteiger charge is -2.09. The van der Waals surface area contributed by atoms with Gasteiger partial charge in [-0.2, -0.15) is 10.1 Å². The van der Waals surface area contributed by atoms with Gasteiger partial charge in [0.1, 0.15) is 22.3 Å². The number of aromatic nitrogens is 14. The van der Waals surface area contributed by atoms with Gasteiger partial charge in [0.25, 0.3) is 11.4 Å². The topological polar surface area (TPSA) is 349 Å². The van der Waals surface area contributed by atoms with E-state index >= 15 is 0 Å². The Balaban J connectivity index is 0.000000142. The number of urea groups is 3. The second-order valence-corrected chi connectivity index (χ2v) is 18.7. The number of aryl methyl sites for hydroxylation is 2. The monoisotopic (exact) mass is 1150 g/mol. The number of nitrogens with one attached hydrogen (secondary N) is 9. The standard InChI is InChI=1S/C21H23N7O3.C19H18N6O2.C18H17N7O2/c1-3-22-21(30)26-20-24-16-11-15(12-17(19(16)25-20)28-7-4-6-23-28)14-5-8-27(9-10-31-2)18(29)13-14;1-3-21-19(26)25-18-23-15-8-13(12-5-4-6-20-10-12)7-14(16(15)24-18)17-22-9-11(2)27-17;1-3-20-18(26)24-17-22-14-8-12(11-5-4-6-19-9-11)7-13(15(14)23-17)16-21-10(2)25-27-16/h4-8,11-13H,3,9-10H2,1-2H3,(H3,22,24,25,26,30);4-10H,3H2,1-2H3,(H3,21,23,24,25,26);4-9H,3H2,1-2H3,(H3,20,22,23,24,26). The normalized spacial score (nSPS) is 10.9. The molecule has 0 fully saturated rings. The summed E-state index contributed by atoms with van der Waals surface area (Å²) in [6, 6.07) is 23.6. The molecule has 0 saturated heterocycles. The number of aromatic amines is 3. The number of rotatable bonds is 15. The summed E-state index contributed by atoms with van der Waals surface area (Å²) >= 11 is 0. The van der Waals surface area contributed by atoms with Gasteiger partial charge in [0.2, 0.25) is 23.7 Å². The zero-order chi connectivity index (χ0) is 59.4. The first kappa shape index (κ1) is 56.9. The van der Waals surface area contributed by atoms with Crippen LogP contribution in [0.2, 0.25) is 0 Å². The van der Waals surface area contributed by atoms with Crippen LogP contribution in [0.3, 0.4) is 0 Å². The molecule has 0 spiro atoms. The molecule has 9 heterocycles. The molecule has 9 aromatic heterocycles. The molecule has 0 aliphatic heterocycles. The molecule has 27 nitrogen and oxygen atoms in total. The van der Waals surface area contributed by atoms with Crippen molar-refractivity contribution in [3.63, 3.8) is 0 Å². The molecule has 85 heavy (non-hydrogen) atoms. The van der Waals surface area contributed by atoms with E-state index in [-0.39, 0.29) is 23.7 Å². The van der Waals surface area contributed by atoms with E-state index in [2.05, 4.69) is 92.0 Å². The Hall–Kier alpha value is -11.4. The molecule has 0 aliphatic rings. The molecule has 0 saturated carbocycles. The number of fused-ring (bicyclic) bond motifs is 3. The predicted octanol–water partition coefficient (Wildman–Crippen LogP) is 9.22. The number of hydrogen-bond acceptors (Lipinski definition) is 16. The number of benzene rings is 3. The van der Waals surface area contributed by atoms with Gasteiger partial charge in [0, 0.05) is 93.9 Å². The molecular weight excluding hydrogens is 1090 g/mol. The summed E-state index contributed by atoms with van der Waals surface area (Å²) in [7, 11) is 1.60. The van der Waals surface area contributed by atoms with Crippen molar-refractivity contribution in [2.75, 3.05) is 49.3 Å². The van der Waals surface area contributed by atoms with Gasteiger partial charge in [0.05, 0.1) is 46.2 Å². The summed E-state index contributed by atoms with van der Waals surface area (Å²) < 4.78 is 19.4. The van der Waals surface area contributed by atoms with E-state index in [4.69, 9.17) is 13.7 Å². The Bertz CT molecular complexity index is 4160. The average molecular weight is 1150 g/mol. The van der Waals surface area contributed by atoms with Crippen molar-refractivity contribution >= 4 is 69.0 Å². The van der Waals surface area contributed by atoms with Gasteiger partial charge >= 0.3 is 18.1 Å². The largest absolute Gasteiger partial charge is 0.441 e. The van der Waals surface area contributed by atoms with Crippen LogP contribution in [0.15, 0.2) is 142 Å². The number of carbonyl (C=O) groups excluding carboxylic acids is 3. The lowest BCUT2D eigenvalue weighted by molar-refractivity contribution is 0.186. The summed E-state index contributed by atoms with van der Waals surface area (Å²) in [5.41, 5.74) is 11.5. The highest BCUT2D eigenvalue weighted by molar-refractivity contribution is 5.99. The van der Waals surface area contributed by atoms with Gasteiger partial charge in [0.15, 0.2) is 5.82 Å². The van der Waals surface area contributed by atoms with Gasteiger partial charge in [-0.05, 0) is 118 Å². The van der Waals surface area contributed by atoms with Crippen LogP contribution in [0.1, 0.15) is 32.4 Å². The first-order chi connectivity index (χ1) is 41.4. The van der Waals surface area contributed by atoms with Crippen molar-refractivity contribution in [2.24, 2.45) is 0 Å². The van der Waals surface area contributed by atoms with Crippen LogP contribution in [-0.4, -0.2) is 121 Å². The van der Waals surface area contributed by atoms with E-state index in [1.165, 1.54) is 0 Å². The highest BCUT2D eigenvalue weighted by Gasteiger charge is 2.20. The second kappa shape index (κ2) is 26.1. The van der Waals surface area contributed by atoms with E-state index in [0.717, 1.165) is 55.7 Å². The Labute approximate surface area is 483 Å². The molecule has 432 valence electrons. The molecule has 27 heteroatoms. The van der Waals surface area contributed by atoms with Gasteiger partial charge in [-0.1, -0.05) is 17.3 Å². The number of ether oxygens (including phenoxy) is 1. The maximum atomic E-state index is 12.5. The first-order valence-electron chi connectivity index (χ1n) is 26.9. The highest BCUT2D eigenvalue weighted by atomic mass is 16.5. The third-order valence-corrected chi connectivity index (χ3v) is 12.7. The second-order valence-electron chi connectivity index (χ2n) is 18.7. The third-order valence-electron chi connectivity index (χ3n) is 12.7. The summed E-state index contributed by atoms with van der Waals surface area (Å²) in [6.45, 7) is 11.6. The Morgan fingerprint density at radius 3 is 1.59 bits per heavy atom. The van der Waals surface area contributed by atoms with Crippen molar-refractivity contribution in [2.45, 2.75) is 41.2 Å². The van der Waals surface area contributed by atoms with Gasteiger partial charge < -0.3 is 49.1 Å². The van der Waals surface area contributed by atoms with Crippen molar-refractivity contribution in [1.82, 2.24) is 85.3 Å². The number of hydrogen-bond donors (Lipinski definition) is 9. The van der Waals surface area contributed by atoms with Crippen LogP contribution in [0.5, 0.6) is 0 Å². The Morgan fingerprint density at radius 2 is 1.13 bits per heavy atom. The SMILES string of the molecule is CCNC(=O)Nc1nc2c(-c3nc(C)no3)cc(-c3cccnc3)cc2[nH]1.CCNC(=O)Nc1nc2c(-c3ncc(C)o3)cc(-c3cccnc3)cc2[nH]1.CCNC(=O)Nc1nc2c(-n3cccn3)cc(-c3ccn(CCOC)c(=O)c3)cc2[nH]1. The fraction of sp³-hybridized carbons (Fsp3) is 0.190. The zero-order valence-electron chi connectivity index (χ0n) is 46.9. The molecule has 0 bridgehead atoms. The third kappa shape index (κ3) is 13.5. The summed E-state index contributed by atoms with van der Waals surface area (Å²) in [4.78, 5) is 87.9. The summed E-state index contributed by atoms with van der Waals surface area (Å²) in [5.74, 6) is 3.07. The van der Waals surface area contributed by atoms with Crippen LogP contribution in [0.25, 0.3) is 95.1 Å². The van der Waals surface area contributed by atoms with Crippen molar-refractivity contribution in [1.29, 1.82) is 0 Å². The molecule has 3 aromatic carbocycles. The molecule has 9 N–H and O–H groups in total. The van der Waals surface area contributed by atoms with E-state index < -0.39 is 0 Å². The maximum absolute atomic E-state index is 12.5. The molecule has 6 amide bonds. The van der Waals surface area contributed by atoms with Crippen LogP contribution >= 0.6 is 0 Å². The number of oxazole rings is 1. The minimum atomic E-state index is -0.345. The highest BCUT2D eigenvalue weighted by Crippen LogP contribution is 2.35. The van der Waals surface area contributed by atoms with Crippen LogP contribution < -0.4 is 37.5 Å². The van der Waals surface area contributed by atoms with Gasteiger partial charge in [-0.25, -0.2) is 39.0 Å². The van der Waals surface area contributed by atoms with E-state index in [1.54, 1.807) is 72.7 Å². The number of carbonyl (C=O) groups is 3. The maximum Gasteiger partial charge on any atom is 0.321 e. The quantitative estimate of drug-likeness (QED) is 0.0461.